The first-order valence-corrected chi connectivity index (χ1v) is 7.06. The predicted molar refractivity (Wildman–Crippen MR) is 77.8 cm³/mol. The van der Waals surface area contributed by atoms with Crippen LogP contribution in [0.3, 0.4) is 0 Å². The van der Waals surface area contributed by atoms with Crippen LogP contribution in [0.2, 0.25) is 0 Å². The molecular weight excluding hydrogens is 256 g/mol. The number of aromatic nitrogens is 2. The second-order valence-electron chi connectivity index (χ2n) is 6.30. The van der Waals surface area contributed by atoms with Gasteiger partial charge in [-0.25, -0.2) is 4.79 Å². The molecule has 2 rings (SSSR count). The molecule has 1 N–H and O–H groups in total. The largest absolute Gasteiger partial charge is 0.444 e. The molecule has 1 aliphatic heterocycles. The molecule has 20 heavy (non-hydrogen) atoms. The van der Waals surface area contributed by atoms with Crippen molar-refractivity contribution in [2.24, 2.45) is 7.05 Å². The quantitative estimate of drug-likeness (QED) is 0.899. The normalized spacial score (nSPS) is 19.8. The molecule has 1 saturated heterocycles. The Morgan fingerprint density at radius 2 is 2.25 bits per heavy atom. The molecule has 0 aromatic carbocycles. The van der Waals surface area contributed by atoms with Gasteiger partial charge in [0.1, 0.15) is 5.60 Å². The first-order chi connectivity index (χ1) is 9.33. The maximum Gasteiger partial charge on any atom is 0.407 e. The fourth-order valence-electron chi connectivity index (χ4n) is 2.38. The second-order valence-corrected chi connectivity index (χ2v) is 6.30. The standard InChI is InChI=1S/C14H24N4O2/c1-14(2,3)20-13(19)16-11-6-5-7-18(9-11)12-8-15-17(4)10-12/h8,10-11H,5-7,9H2,1-4H3,(H,16,19). The van der Waals surface area contributed by atoms with E-state index in [1.54, 1.807) is 4.68 Å². The third-order valence-electron chi connectivity index (χ3n) is 3.20. The molecule has 1 aromatic heterocycles. The van der Waals surface area contributed by atoms with Gasteiger partial charge in [0.05, 0.1) is 11.9 Å². The van der Waals surface area contributed by atoms with E-state index in [2.05, 4.69) is 15.3 Å². The number of hydrogen-bond donors (Lipinski definition) is 1. The molecule has 1 amide bonds. The van der Waals surface area contributed by atoms with E-state index in [0.29, 0.717) is 0 Å². The molecule has 0 spiro atoms. The Balaban J connectivity index is 1.89. The Morgan fingerprint density at radius 1 is 1.50 bits per heavy atom. The smallest absolute Gasteiger partial charge is 0.407 e. The van der Waals surface area contributed by atoms with Gasteiger partial charge in [-0.3, -0.25) is 4.68 Å². The molecule has 2 heterocycles. The summed E-state index contributed by atoms with van der Waals surface area (Å²) in [6, 6.07) is 0.124. The van der Waals surface area contributed by atoms with Gasteiger partial charge in [0, 0.05) is 32.4 Å². The minimum atomic E-state index is -0.457. The fraction of sp³-hybridized carbons (Fsp3) is 0.714. The summed E-state index contributed by atoms with van der Waals surface area (Å²) in [7, 11) is 1.91. The van der Waals surface area contributed by atoms with Crippen molar-refractivity contribution in [2.75, 3.05) is 18.0 Å². The van der Waals surface area contributed by atoms with Crippen LogP contribution in [-0.4, -0.2) is 40.6 Å². The van der Waals surface area contributed by atoms with Crippen LogP contribution in [0.25, 0.3) is 0 Å². The molecule has 1 unspecified atom stereocenters. The molecule has 0 aliphatic carbocycles. The van der Waals surface area contributed by atoms with Crippen LogP contribution in [0.5, 0.6) is 0 Å². The molecule has 1 aromatic rings. The third-order valence-corrected chi connectivity index (χ3v) is 3.20. The van der Waals surface area contributed by atoms with Crippen LogP contribution in [0.15, 0.2) is 12.4 Å². The maximum absolute atomic E-state index is 11.8. The van der Waals surface area contributed by atoms with Crippen molar-refractivity contribution in [3.05, 3.63) is 12.4 Å². The number of anilines is 1. The summed E-state index contributed by atoms with van der Waals surface area (Å²) in [5, 5.41) is 7.14. The van der Waals surface area contributed by atoms with Gasteiger partial charge >= 0.3 is 6.09 Å². The van der Waals surface area contributed by atoms with Crippen molar-refractivity contribution < 1.29 is 9.53 Å². The average Bonchev–Trinajstić information content (AvgIpc) is 2.73. The topological polar surface area (TPSA) is 59.4 Å². The number of aryl methyl sites for hydroxylation is 1. The van der Waals surface area contributed by atoms with Gasteiger partial charge in [-0.2, -0.15) is 5.10 Å². The first kappa shape index (κ1) is 14.7. The van der Waals surface area contributed by atoms with Crippen molar-refractivity contribution in [1.82, 2.24) is 15.1 Å². The number of rotatable bonds is 2. The Bertz CT molecular complexity index is 464. The Labute approximate surface area is 120 Å². The van der Waals surface area contributed by atoms with Gasteiger partial charge in [0.25, 0.3) is 0 Å². The van der Waals surface area contributed by atoms with Crippen molar-refractivity contribution in [2.45, 2.75) is 45.3 Å². The molecule has 0 bridgehead atoms. The molecule has 1 aliphatic rings. The van der Waals surface area contributed by atoms with Crippen LogP contribution < -0.4 is 10.2 Å². The van der Waals surface area contributed by atoms with Gasteiger partial charge in [-0.05, 0) is 33.6 Å². The summed E-state index contributed by atoms with van der Waals surface area (Å²) < 4.78 is 7.09. The Morgan fingerprint density at radius 3 is 2.85 bits per heavy atom. The summed E-state index contributed by atoms with van der Waals surface area (Å²) in [5.41, 5.74) is 0.644. The van der Waals surface area contributed by atoms with Crippen molar-refractivity contribution >= 4 is 11.8 Å². The van der Waals surface area contributed by atoms with Gasteiger partial charge in [-0.1, -0.05) is 0 Å². The van der Waals surface area contributed by atoms with Crippen LogP contribution in [0, 0.1) is 0 Å². The molecule has 6 heteroatoms. The number of carbonyl (C=O) groups is 1. The molecule has 112 valence electrons. The van der Waals surface area contributed by atoms with Gasteiger partial charge in [0.15, 0.2) is 0 Å². The zero-order valence-electron chi connectivity index (χ0n) is 12.7. The average molecular weight is 280 g/mol. The monoisotopic (exact) mass is 280 g/mol. The SMILES string of the molecule is Cn1cc(N2CCCC(NC(=O)OC(C)(C)C)C2)cn1. The van der Waals surface area contributed by atoms with E-state index in [1.807, 2.05) is 40.2 Å². The second kappa shape index (κ2) is 5.73. The van der Waals surface area contributed by atoms with Crippen LogP contribution in [0.1, 0.15) is 33.6 Å². The van der Waals surface area contributed by atoms with Crippen LogP contribution in [0.4, 0.5) is 10.5 Å². The highest BCUT2D eigenvalue weighted by atomic mass is 16.6. The minimum absolute atomic E-state index is 0.124. The van der Waals surface area contributed by atoms with Crippen molar-refractivity contribution in [3.63, 3.8) is 0 Å². The van der Waals surface area contributed by atoms with Gasteiger partial charge < -0.3 is 15.0 Å². The molecule has 0 saturated carbocycles. The first-order valence-electron chi connectivity index (χ1n) is 7.06. The fourth-order valence-corrected chi connectivity index (χ4v) is 2.38. The zero-order chi connectivity index (χ0) is 14.8. The molecule has 6 nitrogen and oxygen atoms in total. The van der Waals surface area contributed by atoms with E-state index >= 15 is 0 Å². The van der Waals surface area contributed by atoms with Crippen LogP contribution >= 0.6 is 0 Å². The maximum atomic E-state index is 11.8. The zero-order valence-corrected chi connectivity index (χ0v) is 12.7. The van der Waals surface area contributed by atoms with E-state index in [0.717, 1.165) is 31.6 Å². The number of ether oxygens (including phenoxy) is 1. The molecular formula is C14H24N4O2. The Kier molecular flexibility index (Phi) is 4.20. The summed E-state index contributed by atoms with van der Waals surface area (Å²) in [6.45, 7) is 7.41. The summed E-state index contributed by atoms with van der Waals surface area (Å²) >= 11 is 0. The highest BCUT2D eigenvalue weighted by Gasteiger charge is 2.24. The highest BCUT2D eigenvalue weighted by Crippen LogP contribution is 2.19. The predicted octanol–water partition coefficient (Wildman–Crippen LogP) is 1.91. The highest BCUT2D eigenvalue weighted by molar-refractivity contribution is 5.68. The minimum Gasteiger partial charge on any atom is -0.444 e. The van der Waals surface area contributed by atoms with E-state index in [4.69, 9.17) is 4.74 Å². The molecule has 1 fully saturated rings. The van der Waals surface area contributed by atoms with E-state index in [1.165, 1.54) is 0 Å². The van der Waals surface area contributed by atoms with E-state index in [9.17, 15) is 4.79 Å². The number of carbonyl (C=O) groups excluding carboxylic acids is 1. The lowest BCUT2D eigenvalue weighted by atomic mass is 10.1. The number of nitrogens with zero attached hydrogens (tertiary/aromatic N) is 3. The van der Waals surface area contributed by atoms with Crippen LogP contribution in [-0.2, 0) is 11.8 Å². The summed E-state index contributed by atoms with van der Waals surface area (Å²) in [5.74, 6) is 0. The van der Waals surface area contributed by atoms with E-state index in [-0.39, 0.29) is 12.1 Å². The summed E-state index contributed by atoms with van der Waals surface area (Å²) in [4.78, 5) is 14.1. The number of amides is 1. The number of hydrogen-bond acceptors (Lipinski definition) is 4. The number of nitrogens with one attached hydrogen (secondary N) is 1. The lowest BCUT2D eigenvalue weighted by molar-refractivity contribution is 0.0500. The van der Waals surface area contributed by atoms with Gasteiger partial charge in [0.2, 0.25) is 0 Å². The molecule has 1 atom stereocenters. The van der Waals surface area contributed by atoms with E-state index < -0.39 is 5.60 Å². The lowest BCUT2D eigenvalue weighted by Gasteiger charge is -2.34. The van der Waals surface area contributed by atoms with Crippen molar-refractivity contribution in [3.8, 4) is 0 Å². The van der Waals surface area contributed by atoms with Crippen molar-refractivity contribution in [1.29, 1.82) is 0 Å². The Hall–Kier alpha value is -1.72. The lowest BCUT2D eigenvalue weighted by Crippen LogP contribution is -2.49. The number of piperidine rings is 1. The third kappa shape index (κ3) is 4.15. The summed E-state index contributed by atoms with van der Waals surface area (Å²) in [6.07, 6.45) is 5.55. The van der Waals surface area contributed by atoms with Gasteiger partial charge in [-0.15, -0.1) is 0 Å². The number of alkyl carbamates (subject to hydrolysis) is 1. The molecule has 0 radical (unpaired) electrons.